The largest absolute Gasteiger partial charge is 0.573 e. The Hall–Kier alpha value is -4.15. The molecule has 1 aliphatic heterocycles. The Bertz CT molecular complexity index is 1540. The van der Waals surface area contributed by atoms with Crippen LogP contribution in [0.4, 0.5) is 18.9 Å². The molecule has 4 aromatic carbocycles. The molecular weight excluding hydrogens is 577 g/mol. The number of aryl methyl sites for hydroxylation is 1. The smallest absolute Gasteiger partial charge is 0.497 e. The SMILES string of the molecule is COc1ccc(SN2CCC(Oc3cccc(NC(=O)c4cccc(C)c4-c4ccc(OC(F)(F)F)cc4)c3)CC2)cc1. The monoisotopic (exact) mass is 608 g/mol. The molecule has 10 heteroatoms. The van der Waals surface area contributed by atoms with Gasteiger partial charge in [-0.05, 0) is 103 Å². The summed E-state index contributed by atoms with van der Waals surface area (Å²) in [6, 6.07) is 26.1. The number of piperidine rings is 1. The lowest BCUT2D eigenvalue weighted by molar-refractivity contribution is -0.274. The highest BCUT2D eigenvalue weighted by molar-refractivity contribution is 7.97. The summed E-state index contributed by atoms with van der Waals surface area (Å²) in [5.74, 6) is 0.843. The Kier molecular flexibility index (Phi) is 9.47. The van der Waals surface area contributed by atoms with E-state index < -0.39 is 6.36 Å². The van der Waals surface area contributed by atoms with E-state index in [9.17, 15) is 18.0 Å². The van der Waals surface area contributed by atoms with Crippen molar-refractivity contribution in [3.05, 3.63) is 102 Å². The van der Waals surface area contributed by atoms with Crippen molar-refractivity contribution >= 4 is 23.5 Å². The molecule has 5 rings (SSSR count). The highest BCUT2D eigenvalue weighted by atomic mass is 32.2. The van der Waals surface area contributed by atoms with Crippen LogP contribution in [-0.4, -0.2) is 42.9 Å². The number of amides is 1. The fourth-order valence-electron chi connectivity index (χ4n) is 4.93. The second-order valence-electron chi connectivity index (χ2n) is 10.1. The first-order chi connectivity index (χ1) is 20.7. The van der Waals surface area contributed by atoms with Crippen LogP contribution in [0.3, 0.4) is 0 Å². The van der Waals surface area contributed by atoms with E-state index in [4.69, 9.17) is 9.47 Å². The van der Waals surface area contributed by atoms with Crippen LogP contribution in [0.15, 0.2) is 95.9 Å². The third-order valence-electron chi connectivity index (χ3n) is 6.98. The number of nitrogens with one attached hydrogen (secondary N) is 1. The molecule has 0 unspecified atom stereocenters. The molecule has 0 spiro atoms. The zero-order valence-electron chi connectivity index (χ0n) is 23.7. The molecule has 0 aromatic heterocycles. The summed E-state index contributed by atoms with van der Waals surface area (Å²) in [5, 5.41) is 2.95. The molecule has 1 heterocycles. The minimum absolute atomic E-state index is 0.0614. The average Bonchev–Trinajstić information content (AvgIpc) is 2.98. The predicted molar refractivity (Wildman–Crippen MR) is 162 cm³/mol. The van der Waals surface area contributed by atoms with E-state index in [0.717, 1.165) is 42.1 Å². The second kappa shape index (κ2) is 13.4. The molecule has 43 heavy (non-hydrogen) atoms. The lowest BCUT2D eigenvalue weighted by Crippen LogP contribution is -2.34. The minimum atomic E-state index is -4.78. The fourth-order valence-corrected chi connectivity index (χ4v) is 5.88. The molecule has 4 aromatic rings. The van der Waals surface area contributed by atoms with Crippen molar-refractivity contribution in [3.63, 3.8) is 0 Å². The van der Waals surface area contributed by atoms with Gasteiger partial charge in [0, 0.05) is 35.3 Å². The van der Waals surface area contributed by atoms with Gasteiger partial charge in [-0.2, -0.15) is 0 Å². The third-order valence-corrected chi connectivity index (χ3v) is 8.09. The number of hydrogen-bond donors (Lipinski definition) is 1. The first-order valence-corrected chi connectivity index (χ1v) is 14.5. The van der Waals surface area contributed by atoms with E-state index in [1.807, 2.05) is 37.3 Å². The summed E-state index contributed by atoms with van der Waals surface area (Å²) in [4.78, 5) is 14.6. The normalized spacial score (nSPS) is 14.3. The van der Waals surface area contributed by atoms with Crippen molar-refractivity contribution in [3.8, 4) is 28.4 Å². The molecule has 6 nitrogen and oxygen atoms in total. The summed E-state index contributed by atoms with van der Waals surface area (Å²) in [5.41, 5.74) is 3.02. The molecule has 0 radical (unpaired) electrons. The number of hydrogen-bond acceptors (Lipinski definition) is 6. The van der Waals surface area contributed by atoms with Gasteiger partial charge in [-0.1, -0.05) is 30.3 Å². The van der Waals surface area contributed by atoms with Crippen LogP contribution in [0.5, 0.6) is 17.2 Å². The third kappa shape index (κ3) is 8.24. The Balaban J connectivity index is 1.20. The number of anilines is 1. The summed E-state index contributed by atoms with van der Waals surface area (Å²) in [7, 11) is 1.66. The highest BCUT2D eigenvalue weighted by Crippen LogP contribution is 2.32. The van der Waals surface area contributed by atoms with Gasteiger partial charge < -0.3 is 19.5 Å². The van der Waals surface area contributed by atoms with E-state index in [-0.39, 0.29) is 17.8 Å². The van der Waals surface area contributed by atoms with Gasteiger partial charge in [-0.3, -0.25) is 4.79 Å². The second-order valence-corrected chi connectivity index (χ2v) is 11.2. The summed E-state index contributed by atoms with van der Waals surface area (Å²) >= 11 is 1.73. The van der Waals surface area contributed by atoms with Crippen molar-refractivity contribution in [1.29, 1.82) is 0 Å². The molecule has 1 saturated heterocycles. The topological polar surface area (TPSA) is 60.0 Å². The van der Waals surface area contributed by atoms with E-state index in [1.54, 1.807) is 43.3 Å². The van der Waals surface area contributed by atoms with E-state index in [0.29, 0.717) is 28.1 Å². The van der Waals surface area contributed by atoms with Crippen LogP contribution in [0, 0.1) is 6.92 Å². The Morgan fingerprint density at radius 1 is 0.884 bits per heavy atom. The van der Waals surface area contributed by atoms with E-state index in [1.165, 1.54) is 24.3 Å². The number of methoxy groups -OCH3 is 1. The Labute approximate surface area is 252 Å². The van der Waals surface area contributed by atoms with Crippen molar-refractivity contribution in [2.24, 2.45) is 0 Å². The summed E-state index contributed by atoms with van der Waals surface area (Å²) in [6.07, 6.45) is -2.97. The van der Waals surface area contributed by atoms with Gasteiger partial charge in [0.15, 0.2) is 0 Å². The van der Waals surface area contributed by atoms with Gasteiger partial charge in [-0.25, -0.2) is 4.31 Å². The molecule has 0 atom stereocenters. The molecule has 1 amide bonds. The number of halogens is 3. The van der Waals surface area contributed by atoms with Gasteiger partial charge in [-0.15, -0.1) is 13.2 Å². The van der Waals surface area contributed by atoms with Gasteiger partial charge in [0.05, 0.1) is 7.11 Å². The Morgan fingerprint density at radius 2 is 1.56 bits per heavy atom. The average molecular weight is 609 g/mol. The van der Waals surface area contributed by atoms with E-state index in [2.05, 4.69) is 26.5 Å². The molecule has 0 aliphatic carbocycles. The van der Waals surface area contributed by atoms with Gasteiger partial charge >= 0.3 is 6.36 Å². The summed E-state index contributed by atoms with van der Waals surface area (Å²) in [6.45, 7) is 3.62. The van der Waals surface area contributed by atoms with Crippen molar-refractivity contribution < 1.29 is 32.2 Å². The highest BCUT2D eigenvalue weighted by Gasteiger charge is 2.31. The number of rotatable bonds is 9. The van der Waals surface area contributed by atoms with Crippen molar-refractivity contribution in [1.82, 2.24) is 4.31 Å². The maximum absolute atomic E-state index is 13.4. The van der Waals surface area contributed by atoms with Gasteiger partial charge in [0.1, 0.15) is 23.4 Å². The van der Waals surface area contributed by atoms with E-state index >= 15 is 0 Å². The molecule has 1 aliphatic rings. The van der Waals surface area contributed by atoms with Gasteiger partial charge in [0.25, 0.3) is 5.91 Å². The molecule has 0 saturated carbocycles. The standard InChI is InChI=1S/C33H31F3N2O4S/c1-22-5-3-8-30(31(22)23-9-11-27(12-10-23)42-33(34,35)36)32(39)37-24-6-4-7-28(21-24)41-26-17-19-38(20-18-26)43-29-15-13-25(40-2)14-16-29/h3-16,21,26H,17-20H2,1-2H3,(H,37,39). The number of benzene rings is 4. The van der Waals surface area contributed by atoms with Gasteiger partial charge in [0.2, 0.25) is 0 Å². The fraction of sp³-hybridized carbons (Fsp3) is 0.242. The lowest BCUT2D eigenvalue weighted by Gasteiger charge is -2.31. The number of ether oxygens (including phenoxy) is 3. The van der Waals surface area contributed by atoms with Crippen molar-refractivity contribution in [2.75, 3.05) is 25.5 Å². The molecule has 1 N–H and O–H groups in total. The molecule has 0 bridgehead atoms. The summed E-state index contributed by atoms with van der Waals surface area (Å²) < 4.78 is 55.6. The number of carbonyl (C=O) groups is 1. The molecule has 224 valence electrons. The first-order valence-electron chi connectivity index (χ1n) is 13.8. The lowest BCUT2D eigenvalue weighted by atomic mass is 9.94. The van der Waals surface area contributed by atoms with Crippen LogP contribution in [0.2, 0.25) is 0 Å². The number of nitrogens with zero attached hydrogens (tertiary/aromatic N) is 1. The predicted octanol–water partition coefficient (Wildman–Crippen LogP) is 8.37. The maximum Gasteiger partial charge on any atom is 0.573 e. The quantitative estimate of drug-likeness (QED) is 0.193. The zero-order chi connectivity index (χ0) is 30.4. The molecular formula is C33H31F3N2O4S. The Morgan fingerprint density at radius 3 is 2.23 bits per heavy atom. The van der Waals surface area contributed by atoms with Crippen molar-refractivity contribution in [2.45, 2.75) is 37.1 Å². The number of alkyl halides is 3. The number of carbonyl (C=O) groups excluding carboxylic acids is 1. The van der Waals surface area contributed by atoms with Crippen LogP contribution >= 0.6 is 11.9 Å². The maximum atomic E-state index is 13.4. The van der Waals surface area contributed by atoms with Crippen LogP contribution in [-0.2, 0) is 0 Å². The van der Waals surface area contributed by atoms with Crippen LogP contribution < -0.4 is 19.5 Å². The zero-order valence-corrected chi connectivity index (χ0v) is 24.5. The first kappa shape index (κ1) is 30.3. The molecule has 1 fully saturated rings. The minimum Gasteiger partial charge on any atom is -0.497 e. The van der Waals surface area contributed by atoms with Crippen LogP contribution in [0.25, 0.3) is 11.1 Å². The van der Waals surface area contributed by atoms with Crippen LogP contribution in [0.1, 0.15) is 28.8 Å².